The van der Waals surface area contributed by atoms with Crippen LogP contribution >= 0.6 is 11.3 Å². The van der Waals surface area contributed by atoms with Crippen LogP contribution in [0.15, 0.2) is 46.0 Å². The minimum absolute atomic E-state index is 0.110. The van der Waals surface area contributed by atoms with Gasteiger partial charge in [0.2, 0.25) is 5.91 Å². The topological polar surface area (TPSA) is 79.0 Å². The van der Waals surface area contributed by atoms with Crippen molar-refractivity contribution < 1.29 is 17.9 Å². The molecule has 1 unspecified atom stereocenters. The largest absolute Gasteiger partial charge is 0.377 e. The van der Waals surface area contributed by atoms with Crippen LogP contribution in [0.25, 0.3) is 0 Å². The van der Waals surface area contributed by atoms with E-state index in [0.29, 0.717) is 18.2 Å². The summed E-state index contributed by atoms with van der Waals surface area (Å²) in [6, 6.07) is 10.3. The van der Waals surface area contributed by atoms with Gasteiger partial charge < -0.3 is 9.64 Å². The van der Waals surface area contributed by atoms with Crippen molar-refractivity contribution in [2.75, 3.05) is 44.1 Å². The number of rotatable bonds is 7. The zero-order valence-corrected chi connectivity index (χ0v) is 18.5. The maximum absolute atomic E-state index is 12.7. The van der Waals surface area contributed by atoms with Gasteiger partial charge >= 0.3 is 0 Å². The van der Waals surface area contributed by atoms with Gasteiger partial charge in [-0.1, -0.05) is 18.2 Å². The van der Waals surface area contributed by atoms with Gasteiger partial charge in [0.05, 0.1) is 12.5 Å². The van der Waals surface area contributed by atoms with E-state index < -0.39 is 10.0 Å². The lowest BCUT2D eigenvalue weighted by Gasteiger charge is -2.35. The first-order chi connectivity index (χ1) is 14.5. The second-order valence-corrected chi connectivity index (χ2v) is 10.6. The molecule has 2 fully saturated rings. The number of anilines is 1. The SMILES string of the molecule is O=C(Cc1ccc(NS(=O)(=O)c2cccs2)cc1)N1CCN(CC2CCCO2)CC1. The predicted molar refractivity (Wildman–Crippen MR) is 117 cm³/mol. The summed E-state index contributed by atoms with van der Waals surface area (Å²) in [4.78, 5) is 17.0. The van der Waals surface area contributed by atoms with E-state index in [1.807, 2.05) is 4.90 Å². The standard InChI is InChI=1S/C21H27N3O4S2/c25-20(24-11-9-23(10-12-24)16-19-3-1-13-28-19)15-17-5-7-18(8-6-17)22-30(26,27)21-4-2-14-29-21/h2,4-8,14,19,22H,1,3,9-13,15-16H2. The lowest BCUT2D eigenvalue weighted by molar-refractivity contribution is -0.132. The smallest absolute Gasteiger partial charge is 0.271 e. The number of hydrogen-bond donors (Lipinski definition) is 1. The highest BCUT2D eigenvalue weighted by Gasteiger charge is 2.25. The lowest BCUT2D eigenvalue weighted by Crippen LogP contribution is -2.50. The van der Waals surface area contributed by atoms with Crippen LogP contribution in [0, 0.1) is 0 Å². The van der Waals surface area contributed by atoms with Crippen LogP contribution in [0.2, 0.25) is 0 Å². The van der Waals surface area contributed by atoms with Crippen LogP contribution in [0.1, 0.15) is 18.4 Å². The Bertz CT molecular complexity index is 931. The molecule has 0 aliphatic carbocycles. The minimum Gasteiger partial charge on any atom is -0.377 e. The van der Waals surface area contributed by atoms with Crippen molar-refractivity contribution in [3.05, 3.63) is 47.3 Å². The highest BCUT2D eigenvalue weighted by molar-refractivity contribution is 7.94. The van der Waals surface area contributed by atoms with Gasteiger partial charge in [-0.3, -0.25) is 14.4 Å². The summed E-state index contributed by atoms with van der Waals surface area (Å²) in [5.41, 5.74) is 1.36. The molecule has 1 N–H and O–H groups in total. The van der Waals surface area contributed by atoms with Gasteiger partial charge in [-0.15, -0.1) is 11.3 Å². The number of piperazine rings is 1. The molecule has 4 rings (SSSR count). The monoisotopic (exact) mass is 449 g/mol. The average molecular weight is 450 g/mol. The maximum atomic E-state index is 12.7. The second-order valence-electron chi connectivity index (χ2n) is 7.73. The number of nitrogens with zero attached hydrogens (tertiary/aromatic N) is 2. The quantitative estimate of drug-likeness (QED) is 0.702. The van der Waals surface area contributed by atoms with Gasteiger partial charge in [-0.05, 0) is 42.0 Å². The van der Waals surface area contributed by atoms with E-state index in [4.69, 9.17) is 4.74 Å². The van der Waals surface area contributed by atoms with Crippen molar-refractivity contribution in [1.29, 1.82) is 0 Å². The summed E-state index contributed by atoms with van der Waals surface area (Å²) in [5, 5.41) is 1.73. The van der Waals surface area contributed by atoms with Crippen LogP contribution < -0.4 is 4.72 Å². The average Bonchev–Trinajstić information content (AvgIpc) is 3.44. The number of benzene rings is 1. The molecule has 30 heavy (non-hydrogen) atoms. The summed E-state index contributed by atoms with van der Waals surface area (Å²) in [6.07, 6.45) is 2.96. The number of hydrogen-bond acceptors (Lipinski definition) is 6. The van der Waals surface area contributed by atoms with Gasteiger partial charge in [-0.2, -0.15) is 0 Å². The first kappa shape index (κ1) is 21.3. The van der Waals surface area contributed by atoms with E-state index >= 15 is 0 Å². The molecule has 2 saturated heterocycles. The molecule has 162 valence electrons. The molecule has 1 aromatic heterocycles. The van der Waals surface area contributed by atoms with Crippen molar-refractivity contribution in [2.45, 2.75) is 29.6 Å². The molecule has 1 aromatic carbocycles. The Morgan fingerprint density at radius 3 is 2.53 bits per heavy atom. The van der Waals surface area contributed by atoms with Gasteiger partial charge in [0, 0.05) is 45.0 Å². The lowest BCUT2D eigenvalue weighted by atomic mass is 10.1. The highest BCUT2D eigenvalue weighted by atomic mass is 32.2. The summed E-state index contributed by atoms with van der Waals surface area (Å²) in [7, 11) is -3.56. The summed E-state index contributed by atoms with van der Waals surface area (Å²) in [5.74, 6) is 0.110. The number of nitrogens with one attached hydrogen (secondary N) is 1. The third-order valence-corrected chi connectivity index (χ3v) is 8.31. The van der Waals surface area contributed by atoms with Crippen molar-refractivity contribution in [1.82, 2.24) is 9.80 Å². The molecule has 7 nitrogen and oxygen atoms in total. The van der Waals surface area contributed by atoms with Crippen molar-refractivity contribution in [3.8, 4) is 0 Å². The Kier molecular flexibility index (Phi) is 6.72. The Hall–Kier alpha value is -1.94. The van der Waals surface area contributed by atoms with Crippen molar-refractivity contribution in [2.24, 2.45) is 0 Å². The molecule has 0 spiro atoms. The molecule has 0 bridgehead atoms. The molecule has 2 aromatic rings. The van der Waals surface area contributed by atoms with Crippen LogP contribution in [-0.2, 0) is 26.0 Å². The Labute approximate surface area is 181 Å². The molecule has 0 radical (unpaired) electrons. The first-order valence-corrected chi connectivity index (χ1v) is 12.6. The molecule has 1 atom stereocenters. The van der Waals surface area contributed by atoms with Crippen LogP contribution in [0.5, 0.6) is 0 Å². The van der Waals surface area contributed by atoms with E-state index in [2.05, 4.69) is 9.62 Å². The predicted octanol–water partition coefficient (Wildman–Crippen LogP) is 2.41. The summed E-state index contributed by atoms with van der Waals surface area (Å²) >= 11 is 1.17. The van der Waals surface area contributed by atoms with E-state index in [9.17, 15) is 13.2 Å². The normalized spacial score (nSPS) is 20.4. The van der Waals surface area contributed by atoms with Gasteiger partial charge in [0.1, 0.15) is 4.21 Å². The van der Waals surface area contributed by atoms with Crippen LogP contribution in [-0.4, -0.2) is 69.6 Å². The Morgan fingerprint density at radius 1 is 1.13 bits per heavy atom. The first-order valence-electron chi connectivity index (χ1n) is 10.3. The fourth-order valence-electron chi connectivity index (χ4n) is 3.86. The Morgan fingerprint density at radius 2 is 1.90 bits per heavy atom. The second kappa shape index (κ2) is 9.47. The summed E-state index contributed by atoms with van der Waals surface area (Å²) in [6.45, 7) is 5.08. The fourth-order valence-corrected chi connectivity index (χ4v) is 5.91. The molecule has 2 aliphatic heterocycles. The van der Waals surface area contributed by atoms with E-state index in [1.54, 1.807) is 41.8 Å². The third-order valence-electron chi connectivity index (χ3n) is 5.53. The molecule has 0 saturated carbocycles. The van der Waals surface area contributed by atoms with Gasteiger partial charge in [-0.25, -0.2) is 8.42 Å². The summed E-state index contributed by atoms with van der Waals surface area (Å²) < 4.78 is 33.1. The molecule has 2 aliphatic rings. The molecular weight excluding hydrogens is 422 g/mol. The number of thiophene rings is 1. The number of ether oxygens (including phenoxy) is 1. The van der Waals surface area contributed by atoms with E-state index in [-0.39, 0.29) is 10.1 Å². The van der Waals surface area contributed by atoms with Crippen LogP contribution in [0.3, 0.4) is 0 Å². The minimum atomic E-state index is -3.56. The number of amides is 1. The third kappa shape index (κ3) is 5.40. The zero-order chi connectivity index (χ0) is 21.0. The number of carbonyl (C=O) groups is 1. The highest BCUT2D eigenvalue weighted by Crippen LogP contribution is 2.21. The van der Waals surface area contributed by atoms with Crippen molar-refractivity contribution in [3.63, 3.8) is 0 Å². The van der Waals surface area contributed by atoms with E-state index in [1.165, 1.54) is 11.3 Å². The van der Waals surface area contributed by atoms with Gasteiger partial charge in [0.25, 0.3) is 10.0 Å². The molecule has 9 heteroatoms. The fraction of sp³-hybridized carbons (Fsp3) is 0.476. The molecule has 3 heterocycles. The van der Waals surface area contributed by atoms with Crippen molar-refractivity contribution >= 4 is 33.0 Å². The van der Waals surface area contributed by atoms with Gasteiger partial charge in [0.15, 0.2) is 0 Å². The number of sulfonamides is 1. The molecular formula is C21H27N3O4S2. The molecule has 1 amide bonds. The number of carbonyl (C=O) groups excluding carboxylic acids is 1. The Balaban J connectivity index is 1.26. The zero-order valence-electron chi connectivity index (χ0n) is 16.8. The maximum Gasteiger partial charge on any atom is 0.271 e. The van der Waals surface area contributed by atoms with Crippen LogP contribution in [0.4, 0.5) is 5.69 Å². The van der Waals surface area contributed by atoms with E-state index in [0.717, 1.165) is 57.7 Å².